The Morgan fingerprint density at radius 1 is 0.797 bits per heavy atom. The lowest BCUT2D eigenvalue weighted by molar-refractivity contribution is -0.193. The molecule has 1 heterocycles. The number of alkyl halides is 6. The number of carboxylic acids is 3. The number of nitrogens with two attached hydrogens (primary N) is 1. The van der Waals surface area contributed by atoms with Crippen LogP contribution in [-0.2, 0) is 52.8 Å². The zero-order valence-electron chi connectivity index (χ0n) is 33.5. The molecular formula is C40H43F9N4O11. The quantitative estimate of drug-likeness (QED) is 0.0604. The number of carbonyl (C=O) groups is 6. The van der Waals surface area contributed by atoms with Gasteiger partial charge in [-0.05, 0) is 67.5 Å². The maximum Gasteiger partial charge on any atom is 0.490 e. The van der Waals surface area contributed by atoms with Crippen LogP contribution in [0.25, 0.3) is 0 Å². The minimum Gasteiger partial charge on any atom is -0.508 e. The van der Waals surface area contributed by atoms with E-state index in [1.54, 1.807) is 19.1 Å². The first-order valence-electron chi connectivity index (χ1n) is 18.8. The highest BCUT2D eigenvalue weighted by Crippen LogP contribution is 2.23. The average Bonchev–Trinajstić information content (AvgIpc) is 3.62. The molecule has 3 aromatic carbocycles. The smallest absolute Gasteiger partial charge is 0.490 e. The fourth-order valence-electron chi connectivity index (χ4n) is 6.01. The van der Waals surface area contributed by atoms with E-state index in [2.05, 4.69) is 10.6 Å². The maximum atomic E-state index is 14.2. The summed E-state index contributed by atoms with van der Waals surface area (Å²) in [4.78, 5) is 71.5. The molecule has 352 valence electrons. The number of carbonyl (C=O) groups excluding carboxylic acids is 3. The Labute approximate surface area is 358 Å². The first kappa shape index (κ1) is 53.7. The maximum absolute atomic E-state index is 14.2. The van der Waals surface area contributed by atoms with Gasteiger partial charge < -0.3 is 41.1 Å². The molecule has 3 aromatic rings. The molecule has 24 heteroatoms. The van der Waals surface area contributed by atoms with E-state index in [1.165, 1.54) is 12.1 Å². The van der Waals surface area contributed by atoms with Crippen molar-refractivity contribution in [3.05, 3.63) is 101 Å². The van der Waals surface area contributed by atoms with E-state index in [0.717, 1.165) is 10.5 Å². The molecule has 4 rings (SSSR count). The number of hydrogen-bond acceptors (Lipinski definition) is 10. The number of halogens is 9. The number of ether oxygens (including phenoxy) is 1. The van der Waals surface area contributed by atoms with Crippen LogP contribution >= 0.6 is 0 Å². The molecule has 0 radical (unpaired) electrons. The minimum absolute atomic E-state index is 0.00981. The van der Waals surface area contributed by atoms with Gasteiger partial charge in [0.1, 0.15) is 23.7 Å². The zero-order valence-corrected chi connectivity index (χ0v) is 33.5. The van der Waals surface area contributed by atoms with Gasteiger partial charge in [0.2, 0.25) is 11.8 Å². The lowest BCUT2D eigenvalue weighted by Gasteiger charge is -2.30. The summed E-state index contributed by atoms with van der Waals surface area (Å²) in [7, 11) is 0. The molecule has 0 spiro atoms. The lowest BCUT2D eigenvalue weighted by Crippen LogP contribution is -2.55. The van der Waals surface area contributed by atoms with Crippen LogP contribution in [0.3, 0.4) is 0 Å². The van der Waals surface area contributed by atoms with Crippen LogP contribution in [0.5, 0.6) is 5.75 Å². The Bertz CT molecular complexity index is 2030. The van der Waals surface area contributed by atoms with Crippen molar-refractivity contribution in [1.82, 2.24) is 15.5 Å². The number of aliphatic carboxylic acids is 3. The number of aromatic hydroxyl groups is 1. The average molecular weight is 927 g/mol. The molecule has 5 atom stereocenters. The third-order valence-electron chi connectivity index (χ3n) is 8.95. The van der Waals surface area contributed by atoms with Crippen LogP contribution in [-0.4, -0.2) is 117 Å². The lowest BCUT2D eigenvalue weighted by atomic mass is 10.0. The van der Waals surface area contributed by atoms with Crippen LogP contribution in [0.15, 0.2) is 66.7 Å². The van der Waals surface area contributed by atoms with E-state index >= 15 is 0 Å². The van der Waals surface area contributed by atoms with Crippen molar-refractivity contribution in [2.45, 2.75) is 88.0 Å². The fraction of sp³-hybridized carbons (Fsp3) is 0.400. The van der Waals surface area contributed by atoms with Gasteiger partial charge in [-0.3, -0.25) is 19.7 Å². The first-order valence-corrected chi connectivity index (χ1v) is 18.8. The Hall–Kier alpha value is -6.43. The number of phenols is 1. The van der Waals surface area contributed by atoms with Crippen LogP contribution in [0.2, 0.25) is 0 Å². The van der Waals surface area contributed by atoms with Gasteiger partial charge in [0.05, 0.1) is 12.6 Å². The number of amides is 2. The molecule has 1 aliphatic rings. The van der Waals surface area contributed by atoms with Crippen LogP contribution in [0.1, 0.15) is 42.9 Å². The standard InChI is InChI=1S/C36H41F3N4O7.2C2HF3O2/c1-2-50-36(49)30(13-10-21-6-4-3-5-7-21)42-31(14-22-8-11-26(44)12-9-22)34(46)43-20-25(18-32(43)35(47)48)41-33(45)17-24(40)15-23-16-28(38)29(39)19-27(23)37;2*3-2(4,5)1(6)7/h3-9,11-12,16,19,24-25,30-32,42,44H,2,10,13-15,17-18,20,40H2,1H3,(H,41,45)(H,47,48);2*(H,6,7)/t24-,25+,30?,31+,32+;;/m1../s1. The van der Waals surface area contributed by atoms with Crippen LogP contribution < -0.4 is 16.4 Å². The molecule has 15 nitrogen and oxygen atoms in total. The second-order valence-electron chi connectivity index (χ2n) is 13.9. The van der Waals surface area contributed by atoms with Gasteiger partial charge in [0.25, 0.3) is 0 Å². The molecule has 0 saturated carbocycles. The summed E-state index contributed by atoms with van der Waals surface area (Å²) in [6.07, 6.45) is -10.1. The number of nitrogens with zero attached hydrogens (tertiary/aromatic N) is 1. The molecule has 2 amide bonds. The Kier molecular flexibility index (Phi) is 20.5. The van der Waals surface area contributed by atoms with Crippen molar-refractivity contribution in [3.63, 3.8) is 0 Å². The van der Waals surface area contributed by atoms with Crippen molar-refractivity contribution in [3.8, 4) is 5.75 Å². The predicted molar refractivity (Wildman–Crippen MR) is 204 cm³/mol. The highest BCUT2D eigenvalue weighted by atomic mass is 19.4. The molecule has 1 aliphatic heterocycles. The Morgan fingerprint density at radius 3 is 1.86 bits per heavy atom. The second kappa shape index (κ2) is 24.4. The zero-order chi connectivity index (χ0) is 48.5. The summed E-state index contributed by atoms with van der Waals surface area (Å²) in [5.74, 6) is -12.2. The normalized spacial score (nSPS) is 16.1. The molecule has 0 aromatic heterocycles. The third-order valence-corrected chi connectivity index (χ3v) is 8.95. The van der Waals surface area contributed by atoms with Gasteiger partial charge in [-0.1, -0.05) is 42.5 Å². The second-order valence-corrected chi connectivity index (χ2v) is 13.9. The van der Waals surface area contributed by atoms with Gasteiger partial charge in [-0.15, -0.1) is 0 Å². The third kappa shape index (κ3) is 18.1. The Balaban J connectivity index is 0.000000866. The summed E-state index contributed by atoms with van der Waals surface area (Å²) >= 11 is 0. The van der Waals surface area contributed by atoms with Crippen molar-refractivity contribution >= 4 is 35.7 Å². The number of nitrogens with one attached hydrogen (secondary N) is 2. The van der Waals surface area contributed by atoms with E-state index < -0.39 is 95.7 Å². The number of likely N-dealkylation sites (tertiary alicyclic amines) is 1. The van der Waals surface area contributed by atoms with Crippen LogP contribution in [0, 0.1) is 17.5 Å². The molecule has 0 aliphatic carbocycles. The molecule has 64 heavy (non-hydrogen) atoms. The Morgan fingerprint density at radius 2 is 1.34 bits per heavy atom. The number of benzene rings is 3. The summed E-state index contributed by atoms with van der Waals surface area (Å²) < 4.78 is 110. The molecule has 1 unspecified atom stereocenters. The highest BCUT2D eigenvalue weighted by Gasteiger charge is 2.43. The van der Waals surface area contributed by atoms with Gasteiger partial charge in [0, 0.05) is 37.5 Å². The van der Waals surface area contributed by atoms with E-state index in [9.17, 15) is 68.9 Å². The van der Waals surface area contributed by atoms with Crippen molar-refractivity contribution in [1.29, 1.82) is 0 Å². The molecule has 1 saturated heterocycles. The van der Waals surface area contributed by atoms with Crippen LogP contribution in [0.4, 0.5) is 39.5 Å². The van der Waals surface area contributed by atoms with Gasteiger partial charge >= 0.3 is 36.2 Å². The molecular weight excluding hydrogens is 883 g/mol. The number of carboxylic acid groups (broad SMARTS) is 3. The van der Waals surface area contributed by atoms with E-state index in [4.69, 9.17) is 30.3 Å². The predicted octanol–water partition coefficient (Wildman–Crippen LogP) is 4.27. The van der Waals surface area contributed by atoms with E-state index in [0.29, 0.717) is 24.1 Å². The largest absolute Gasteiger partial charge is 0.508 e. The van der Waals surface area contributed by atoms with Crippen molar-refractivity contribution in [2.75, 3.05) is 13.2 Å². The first-order chi connectivity index (χ1) is 29.7. The number of phenolic OH excluding ortho intramolecular Hbond substituents is 1. The number of aryl methyl sites for hydroxylation is 1. The molecule has 8 N–H and O–H groups in total. The van der Waals surface area contributed by atoms with E-state index in [1.807, 2.05) is 30.3 Å². The summed E-state index contributed by atoms with van der Waals surface area (Å²) in [5.41, 5.74) is 7.39. The minimum atomic E-state index is -5.08. The van der Waals surface area contributed by atoms with Gasteiger partial charge in [0.15, 0.2) is 11.6 Å². The summed E-state index contributed by atoms with van der Waals surface area (Å²) in [5, 5.41) is 39.9. The molecule has 1 fully saturated rings. The number of hydrogen-bond donors (Lipinski definition) is 7. The highest BCUT2D eigenvalue weighted by molar-refractivity contribution is 5.89. The summed E-state index contributed by atoms with van der Waals surface area (Å²) in [6, 6.07) is 11.5. The fourth-order valence-corrected chi connectivity index (χ4v) is 6.01. The van der Waals surface area contributed by atoms with Crippen molar-refractivity contribution < 1.29 is 93.4 Å². The monoisotopic (exact) mass is 926 g/mol. The van der Waals surface area contributed by atoms with Crippen molar-refractivity contribution in [2.24, 2.45) is 5.73 Å². The van der Waals surface area contributed by atoms with Gasteiger partial charge in [-0.2, -0.15) is 26.3 Å². The summed E-state index contributed by atoms with van der Waals surface area (Å²) in [6.45, 7) is 1.60. The SMILES string of the molecule is CCOC(=O)C(CCc1ccccc1)N[C@@H](Cc1ccc(O)cc1)C(=O)N1C[C@@H](NC(=O)C[C@H](N)Cc2cc(F)c(F)cc2F)C[C@H]1C(=O)O.O=C(O)C(F)(F)F.O=C(O)C(F)(F)F. The van der Waals surface area contributed by atoms with Gasteiger partial charge in [-0.25, -0.2) is 27.6 Å². The topological polar surface area (TPSA) is 246 Å². The molecule has 0 bridgehead atoms. The number of rotatable bonds is 16. The van der Waals surface area contributed by atoms with E-state index in [-0.39, 0.29) is 56.6 Å². The number of esters is 1.